The molecule has 15 unspecified atom stereocenters. The van der Waals surface area contributed by atoms with Crippen molar-refractivity contribution in [3.63, 3.8) is 0 Å². The summed E-state index contributed by atoms with van der Waals surface area (Å²) in [5.74, 6) is -8.93. The van der Waals surface area contributed by atoms with Crippen LogP contribution in [0.25, 0.3) is 16.4 Å². The minimum atomic E-state index is -5.32. The average Bonchev–Trinajstić information content (AvgIpc) is 1.53. The number of nitrogens with two attached hydrogens (primary N) is 6. The number of phosphoric acid groups is 1. The van der Waals surface area contributed by atoms with Gasteiger partial charge in [-0.05, 0) is 119 Å². The molecule has 8 rings (SSSR count). The van der Waals surface area contributed by atoms with Gasteiger partial charge in [-0.1, -0.05) is 40.7 Å². The van der Waals surface area contributed by atoms with E-state index in [2.05, 4.69) is 28.2 Å². The van der Waals surface area contributed by atoms with Gasteiger partial charge in [0.1, 0.15) is 18.3 Å². The van der Waals surface area contributed by atoms with E-state index in [0.717, 1.165) is 11.1 Å². The maximum Gasteiger partial charge on any atom is 3.00 e. The van der Waals surface area contributed by atoms with Crippen LogP contribution in [0, 0.1) is 59.2 Å². The van der Waals surface area contributed by atoms with Gasteiger partial charge < -0.3 is 94.0 Å². The van der Waals surface area contributed by atoms with Gasteiger partial charge in [-0.3, -0.25) is 57.9 Å². The van der Waals surface area contributed by atoms with Crippen LogP contribution in [0.5, 0.6) is 0 Å². The van der Waals surface area contributed by atoms with E-state index in [1.54, 1.807) is 6.92 Å². The molecule has 0 aliphatic carbocycles. The number of allylic oxidation sites excluding steroid dienone is 6. The van der Waals surface area contributed by atoms with Crippen LogP contribution >= 0.6 is 20.5 Å². The van der Waals surface area contributed by atoms with Crippen molar-refractivity contribution in [1.29, 1.82) is 0 Å². The molecule has 0 spiro atoms. The molecule has 31 nitrogen and oxygen atoms in total. The minimum Gasteiger partial charge on any atom is -0.756 e. The number of phosphoric ester groups is 1. The molecule has 1 aromatic carbocycles. The summed E-state index contributed by atoms with van der Waals surface area (Å²) < 4.78 is 31.9. The zero-order valence-electron chi connectivity index (χ0n) is 58.9. The molecule has 556 valence electrons. The van der Waals surface area contributed by atoms with Gasteiger partial charge >= 0.3 is 16.8 Å². The number of rotatable bonds is 28. The summed E-state index contributed by atoms with van der Waals surface area (Å²) in [6, 6.07) is 2.65. The van der Waals surface area contributed by atoms with Crippen LogP contribution in [-0.2, 0) is 73.5 Å². The molecule has 6 aliphatic heterocycles. The Morgan fingerprint density at radius 3 is 1.93 bits per heavy atom. The molecular weight excluding hydrogens is 1390 g/mol. The van der Waals surface area contributed by atoms with Crippen LogP contribution in [0.15, 0.2) is 79.4 Å². The standard InChI is InChI=1S/C62H90N13O14P.C5H9NO3S.Co/c1-29-20-39-40(21-30(29)2)75(28-70-39)57-52(84)53(41(27-76)87-57)89-90(85,86)88-31(3)26-69-49(83)18-19-59(8)37(22-46(66)80)56-62(11)61(10,25-48(68)82)36(14-17-45(65)79)51(74-62)33(5)55-60(9,24-47(67)81)34(12-15-43(63)77)38(71-55)23-42-58(6,7)35(13-16-44(64)78)50(72-42)32(4)54(59)73-56;1-3(7)6-4(2-10)5(8)9;/h20-21,23,28,31,34-37,41,52-53,56-57,76,84H,12-19,22,24-27H2,1-11H3,(H15,63,64,65,66,67,68,69,71,72,73,74,77,78,79,80,81,82,83,85,86);8-10H,2H2,1H3,(H,6,7);/q;;+3/p-3. The van der Waals surface area contributed by atoms with Crippen molar-refractivity contribution in [3.8, 4) is 0 Å². The van der Waals surface area contributed by atoms with Gasteiger partial charge in [-0.2, -0.15) is 18.3 Å². The maximum absolute atomic E-state index is 14.4. The van der Waals surface area contributed by atoms with Crippen molar-refractivity contribution >= 4 is 95.9 Å². The SMILES string of the molecule is C/C1=C2/N=C(C=C3N=C(/C(C)=C4\[N-]C(C(CC(N)=O)C4(C)CCC(=O)NCC(C)OP(=O)([O-])OC4C(CO)OC(n5cnc6cc(C)c(C)cc65)C4O)C4(C)N=C1C(CCC(N)=O)C4(C)CC(N)=O)C(CCC(N)=O)C3(C)C)C(CCC(N)=O)C2(C)CC(N)=O.CC(=O)N/C(CS)=C(\[O-])O.[Co+3]. The molecule has 101 heavy (non-hydrogen) atoms. The van der Waals surface area contributed by atoms with E-state index in [1.165, 1.54) is 24.7 Å². The quantitative estimate of drug-likeness (QED) is 0.0331. The third-order valence-corrected chi connectivity index (χ3v) is 22.7. The Morgan fingerprint density at radius 2 is 1.40 bits per heavy atom. The van der Waals surface area contributed by atoms with Crippen LogP contribution < -0.4 is 55.0 Å². The van der Waals surface area contributed by atoms with E-state index in [4.69, 9.17) is 73.6 Å². The van der Waals surface area contributed by atoms with E-state index >= 15 is 0 Å². The minimum absolute atomic E-state index is 0. The zero-order chi connectivity index (χ0) is 74.9. The molecule has 2 fully saturated rings. The first-order valence-corrected chi connectivity index (χ1v) is 35.1. The van der Waals surface area contributed by atoms with Crippen LogP contribution in [0.4, 0.5) is 0 Å². The summed E-state index contributed by atoms with van der Waals surface area (Å²) >= 11 is 3.70. The molecule has 15 atom stereocenters. The van der Waals surface area contributed by atoms with Gasteiger partial charge in [0, 0.05) is 127 Å². The van der Waals surface area contributed by atoms with Crippen LogP contribution in [0.1, 0.15) is 157 Å². The predicted octanol–water partition coefficient (Wildman–Crippen LogP) is 2.45. The largest absolute Gasteiger partial charge is 3.00 e. The molecule has 34 heteroatoms. The van der Waals surface area contributed by atoms with E-state index in [0.29, 0.717) is 56.4 Å². The number of nitrogens with one attached hydrogen (secondary N) is 2. The number of carbonyl (C=O) groups is 8. The van der Waals surface area contributed by atoms with Crippen LogP contribution in [0.2, 0.25) is 0 Å². The van der Waals surface area contributed by atoms with Crippen LogP contribution in [-0.4, -0.2) is 144 Å². The number of fused-ring (bicyclic) bond motifs is 7. The van der Waals surface area contributed by atoms with Crippen molar-refractivity contribution in [3.05, 3.63) is 80.9 Å². The van der Waals surface area contributed by atoms with E-state index in [-0.39, 0.29) is 105 Å². The summed E-state index contributed by atoms with van der Waals surface area (Å²) in [6.45, 7) is 20.2. The Hall–Kier alpha value is -7.33. The average molecular weight is 1490 g/mol. The van der Waals surface area contributed by atoms with E-state index in [9.17, 15) is 63.1 Å². The first-order chi connectivity index (χ1) is 46.4. The summed E-state index contributed by atoms with van der Waals surface area (Å²) in [5.41, 5.74) is 36.6. The number of primary amides is 6. The maximum atomic E-state index is 14.4. The van der Waals surface area contributed by atoms with Gasteiger partial charge in [0.2, 0.25) is 47.3 Å². The van der Waals surface area contributed by atoms with Crippen molar-refractivity contribution in [2.75, 3.05) is 18.9 Å². The Bertz CT molecular complexity index is 3900. The summed E-state index contributed by atoms with van der Waals surface area (Å²) in [7, 11) is -5.32. The number of amides is 8. The predicted molar refractivity (Wildman–Crippen MR) is 369 cm³/mol. The Labute approximate surface area is 602 Å². The summed E-state index contributed by atoms with van der Waals surface area (Å²) in [5, 5.41) is 50.7. The number of imidazole rings is 1. The summed E-state index contributed by atoms with van der Waals surface area (Å²) in [6.07, 6.45) is -4.79. The van der Waals surface area contributed by atoms with Gasteiger partial charge in [-0.15, -0.1) is 0 Å². The van der Waals surface area contributed by atoms with E-state index in [1.807, 2.05) is 80.5 Å². The zero-order valence-corrected chi connectivity index (χ0v) is 61.7. The topological polar surface area (TPSA) is 537 Å². The molecule has 7 heterocycles. The number of carbonyl (C=O) groups excluding carboxylic acids is 8. The number of hydrogen-bond donors (Lipinski definition) is 12. The number of thiol groups is 1. The van der Waals surface area contributed by atoms with Gasteiger partial charge in [0.05, 0.1) is 47.3 Å². The number of aliphatic hydroxyl groups is 3. The second-order valence-electron chi connectivity index (χ2n) is 28.6. The molecule has 8 bridgehead atoms. The van der Waals surface area contributed by atoms with Crippen molar-refractivity contribution in [2.24, 2.45) is 94.7 Å². The molecule has 2 saturated heterocycles. The monoisotopic (exact) mass is 1490 g/mol. The van der Waals surface area contributed by atoms with Crippen molar-refractivity contribution in [2.45, 2.75) is 196 Å². The normalized spacial score (nSPS) is 31.2. The van der Waals surface area contributed by atoms with E-state index < -0.39 is 155 Å². The number of hydrogen-bond acceptors (Lipinski definition) is 22. The fraction of sp³-hybridized carbons (Fsp3) is 0.612. The fourth-order valence-electron chi connectivity index (χ4n) is 15.7. The molecule has 1 aromatic heterocycles. The first kappa shape index (κ1) is 82.6. The Kier molecular flexibility index (Phi) is 26.3. The Morgan fingerprint density at radius 1 is 0.812 bits per heavy atom. The fourth-order valence-corrected chi connectivity index (χ4v) is 17.0. The molecule has 17 N–H and O–H groups in total. The molecule has 0 saturated carbocycles. The molecule has 2 aromatic rings. The van der Waals surface area contributed by atoms with Crippen molar-refractivity contribution in [1.82, 2.24) is 20.2 Å². The second kappa shape index (κ2) is 32.1. The Balaban J connectivity index is 0.00000135. The smallest absolute Gasteiger partial charge is 0.756 e. The number of aliphatic hydroxyl groups excluding tert-OH is 3. The molecular formula is C67H96CoN14O17PS. The van der Waals surface area contributed by atoms with Gasteiger partial charge in [0.15, 0.2) is 6.23 Å². The first-order valence-electron chi connectivity index (χ1n) is 33.0. The number of aliphatic imine (C=N–C) groups is 3. The number of aromatic nitrogens is 2. The third kappa shape index (κ3) is 17.3. The summed E-state index contributed by atoms with van der Waals surface area (Å²) in [4.78, 5) is 138. The number of nitrogens with zero attached hydrogens (tertiary/aromatic N) is 6. The van der Waals surface area contributed by atoms with Crippen molar-refractivity contribution < 1.29 is 98.8 Å². The van der Waals surface area contributed by atoms with Gasteiger partial charge in [-0.25, -0.2) is 4.98 Å². The number of benzene rings is 1. The van der Waals surface area contributed by atoms with Gasteiger partial charge in [0.25, 0.3) is 7.82 Å². The third-order valence-electron chi connectivity index (χ3n) is 21.2. The molecule has 8 amide bonds. The second-order valence-corrected chi connectivity index (χ2v) is 30.2. The number of ether oxygens (including phenoxy) is 1. The number of aryl methyl sites for hydroxylation is 2. The van der Waals surface area contributed by atoms with Crippen LogP contribution in [0.3, 0.4) is 0 Å². The molecule has 6 aliphatic rings. The molecule has 0 radical (unpaired) electrons.